The fraction of sp³-hybridized carbons (Fsp3) is 0.308. The normalized spacial score (nSPS) is 12.7. The summed E-state index contributed by atoms with van der Waals surface area (Å²) in [6.45, 7) is 4.39. The first-order valence-corrected chi connectivity index (χ1v) is 6.85. The molecule has 17 heavy (non-hydrogen) atoms. The molecule has 4 heteroatoms. The molecular weight excluding hydrogens is 252 g/mol. The van der Waals surface area contributed by atoms with E-state index in [1.54, 1.807) is 17.4 Å². The fourth-order valence-corrected chi connectivity index (χ4v) is 2.80. The first kappa shape index (κ1) is 12.4. The van der Waals surface area contributed by atoms with Crippen LogP contribution in [0.25, 0.3) is 0 Å². The van der Waals surface area contributed by atoms with Crippen molar-refractivity contribution in [2.45, 2.75) is 19.9 Å². The van der Waals surface area contributed by atoms with Gasteiger partial charge in [0, 0.05) is 4.88 Å². The highest BCUT2D eigenvalue weighted by molar-refractivity contribution is 7.10. The number of hydrogen-bond acceptors (Lipinski definition) is 3. The predicted molar refractivity (Wildman–Crippen MR) is 74.8 cm³/mol. The Kier molecular flexibility index (Phi) is 4.02. The second-order valence-corrected chi connectivity index (χ2v) is 5.59. The van der Waals surface area contributed by atoms with Crippen LogP contribution in [0.5, 0.6) is 0 Å². The molecular formula is C13H15ClN2S. The van der Waals surface area contributed by atoms with Gasteiger partial charge in [-0.05, 0) is 29.5 Å². The Balaban J connectivity index is 2.19. The van der Waals surface area contributed by atoms with Crippen LogP contribution in [0.3, 0.4) is 0 Å². The molecule has 0 bridgehead atoms. The third kappa shape index (κ3) is 3.20. The van der Waals surface area contributed by atoms with E-state index in [-0.39, 0.29) is 6.04 Å². The van der Waals surface area contributed by atoms with Gasteiger partial charge in [-0.3, -0.25) is 0 Å². The summed E-state index contributed by atoms with van der Waals surface area (Å²) in [5.41, 5.74) is 0. The summed E-state index contributed by atoms with van der Waals surface area (Å²) in [5, 5.41) is 6.05. The second-order valence-electron chi connectivity index (χ2n) is 4.23. The van der Waals surface area contributed by atoms with Gasteiger partial charge in [-0.1, -0.05) is 37.6 Å². The molecule has 2 aromatic rings. The number of aromatic nitrogens is 1. The first-order chi connectivity index (χ1) is 8.16. The van der Waals surface area contributed by atoms with E-state index in [9.17, 15) is 0 Å². The average Bonchev–Trinajstić information content (AvgIpc) is 2.78. The van der Waals surface area contributed by atoms with Gasteiger partial charge in [0.2, 0.25) is 0 Å². The zero-order chi connectivity index (χ0) is 12.3. The Labute approximate surface area is 111 Å². The number of halogens is 1. The van der Waals surface area contributed by atoms with Crippen molar-refractivity contribution in [1.29, 1.82) is 0 Å². The molecule has 0 amide bonds. The van der Waals surface area contributed by atoms with Crippen LogP contribution < -0.4 is 5.32 Å². The Morgan fingerprint density at radius 3 is 2.65 bits per heavy atom. The van der Waals surface area contributed by atoms with Crippen LogP contribution in [0.4, 0.5) is 5.82 Å². The van der Waals surface area contributed by atoms with E-state index in [0.717, 1.165) is 5.82 Å². The first-order valence-electron chi connectivity index (χ1n) is 5.59. The van der Waals surface area contributed by atoms with E-state index in [2.05, 4.69) is 41.7 Å². The maximum atomic E-state index is 5.88. The standard InChI is InChI=1S/C13H15ClN2S/c1-9(2)13(10-5-4-8-17-10)16-12-7-3-6-11(14)15-12/h3-9,13H,1-2H3,(H,15,16). The number of nitrogens with one attached hydrogen (secondary N) is 1. The maximum Gasteiger partial charge on any atom is 0.131 e. The molecule has 0 aliphatic carbocycles. The second kappa shape index (κ2) is 5.52. The lowest BCUT2D eigenvalue weighted by atomic mass is 10.0. The molecule has 90 valence electrons. The molecule has 0 saturated heterocycles. The summed E-state index contributed by atoms with van der Waals surface area (Å²) in [5.74, 6) is 1.32. The van der Waals surface area contributed by atoms with Gasteiger partial charge >= 0.3 is 0 Å². The van der Waals surface area contributed by atoms with Crippen molar-refractivity contribution in [1.82, 2.24) is 4.98 Å². The quantitative estimate of drug-likeness (QED) is 0.818. The van der Waals surface area contributed by atoms with E-state index in [1.807, 2.05) is 12.1 Å². The Bertz CT molecular complexity index is 468. The van der Waals surface area contributed by atoms with Crippen LogP contribution >= 0.6 is 22.9 Å². The van der Waals surface area contributed by atoms with E-state index in [1.165, 1.54) is 4.88 Å². The minimum atomic E-state index is 0.279. The van der Waals surface area contributed by atoms with Crippen molar-refractivity contribution in [3.63, 3.8) is 0 Å². The minimum absolute atomic E-state index is 0.279. The average molecular weight is 267 g/mol. The van der Waals surface area contributed by atoms with Gasteiger partial charge < -0.3 is 5.32 Å². The Morgan fingerprint density at radius 1 is 1.24 bits per heavy atom. The largest absolute Gasteiger partial charge is 0.362 e. The van der Waals surface area contributed by atoms with Gasteiger partial charge in [-0.15, -0.1) is 11.3 Å². The van der Waals surface area contributed by atoms with Crippen LogP contribution in [0, 0.1) is 5.92 Å². The van der Waals surface area contributed by atoms with Gasteiger partial charge in [0.05, 0.1) is 6.04 Å². The van der Waals surface area contributed by atoms with Crippen molar-refractivity contribution in [2.24, 2.45) is 5.92 Å². The fourth-order valence-electron chi connectivity index (χ4n) is 1.68. The lowest BCUT2D eigenvalue weighted by Gasteiger charge is -2.21. The molecule has 0 fully saturated rings. The number of hydrogen-bond donors (Lipinski definition) is 1. The molecule has 0 aromatic carbocycles. The number of rotatable bonds is 4. The molecule has 0 saturated carbocycles. The van der Waals surface area contributed by atoms with Crippen molar-refractivity contribution in [3.8, 4) is 0 Å². The van der Waals surface area contributed by atoms with Crippen LogP contribution in [0.15, 0.2) is 35.7 Å². The summed E-state index contributed by atoms with van der Waals surface area (Å²) >= 11 is 7.64. The zero-order valence-corrected chi connectivity index (χ0v) is 11.4. The van der Waals surface area contributed by atoms with Gasteiger partial charge in [0.25, 0.3) is 0 Å². The molecule has 2 rings (SSSR count). The number of thiophene rings is 1. The molecule has 1 atom stereocenters. The molecule has 0 spiro atoms. The molecule has 2 nitrogen and oxygen atoms in total. The molecule has 0 radical (unpaired) electrons. The van der Waals surface area contributed by atoms with Gasteiger partial charge in [-0.2, -0.15) is 0 Å². The van der Waals surface area contributed by atoms with E-state index < -0.39 is 0 Å². The highest BCUT2D eigenvalue weighted by Crippen LogP contribution is 2.29. The van der Waals surface area contributed by atoms with Crippen LogP contribution in [-0.2, 0) is 0 Å². The van der Waals surface area contributed by atoms with Crippen molar-refractivity contribution in [2.75, 3.05) is 5.32 Å². The van der Waals surface area contributed by atoms with Crippen molar-refractivity contribution >= 4 is 28.8 Å². The van der Waals surface area contributed by atoms with E-state index >= 15 is 0 Å². The Hall–Kier alpha value is -1.06. The third-order valence-corrected chi connectivity index (χ3v) is 3.70. The van der Waals surface area contributed by atoms with Gasteiger partial charge in [0.1, 0.15) is 11.0 Å². The smallest absolute Gasteiger partial charge is 0.131 e. The van der Waals surface area contributed by atoms with Crippen molar-refractivity contribution < 1.29 is 0 Å². The lowest BCUT2D eigenvalue weighted by Crippen LogP contribution is -2.16. The molecule has 0 aliphatic heterocycles. The predicted octanol–water partition coefficient (Wildman–Crippen LogP) is 4.61. The Morgan fingerprint density at radius 2 is 2.06 bits per heavy atom. The molecule has 2 aromatic heterocycles. The minimum Gasteiger partial charge on any atom is -0.362 e. The molecule has 1 unspecified atom stereocenters. The summed E-state index contributed by atoms with van der Waals surface area (Å²) in [6, 6.07) is 10.1. The third-order valence-electron chi connectivity index (χ3n) is 2.53. The highest BCUT2D eigenvalue weighted by Gasteiger charge is 2.16. The van der Waals surface area contributed by atoms with Crippen LogP contribution in [0.2, 0.25) is 5.15 Å². The number of anilines is 1. The molecule has 1 N–H and O–H groups in total. The highest BCUT2D eigenvalue weighted by atomic mass is 35.5. The molecule has 0 aliphatic rings. The number of nitrogens with zero attached hydrogens (tertiary/aromatic N) is 1. The van der Waals surface area contributed by atoms with Crippen LogP contribution in [-0.4, -0.2) is 4.98 Å². The summed E-state index contributed by atoms with van der Waals surface area (Å²) in [6.07, 6.45) is 0. The van der Waals surface area contributed by atoms with Crippen LogP contribution in [0.1, 0.15) is 24.8 Å². The summed E-state index contributed by atoms with van der Waals surface area (Å²) in [7, 11) is 0. The number of pyridine rings is 1. The van der Waals surface area contributed by atoms with E-state index in [4.69, 9.17) is 11.6 Å². The van der Waals surface area contributed by atoms with Gasteiger partial charge in [0.15, 0.2) is 0 Å². The summed E-state index contributed by atoms with van der Waals surface area (Å²) in [4.78, 5) is 5.59. The maximum absolute atomic E-state index is 5.88. The summed E-state index contributed by atoms with van der Waals surface area (Å²) < 4.78 is 0. The van der Waals surface area contributed by atoms with Crippen molar-refractivity contribution in [3.05, 3.63) is 45.7 Å². The topological polar surface area (TPSA) is 24.9 Å². The van der Waals surface area contributed by atoms with Gasteiger partial charge in [-0.25, -0.2) is 4.98 Å². The zero-order valence-electron chi connectivity index (χ0n) is 9.85. The monoisotopic (exact) mass is 266 g/mol. The lowest BCUT2D eigenvalue weighted by molar-refractivity contribution is 0.552. The molecule has 2 heterocycles. The van der Waals surface area contributed by atoms with E-state index in [0.29, 0.717) is 11.1 Å². The SMILES string of the molecule is CC(C)C(Nc1cccc(Cl)n1)c1cccs1.